The summed E-state index contributed by atoms with van der Waals surface area (Å²) in [6, 6.07) is 3.54. The summed E-state index contributed by atoms with van der Waals surface area (Å²) in [7, 11) is 0. The fourth-order valence-corrected chi connectivity index (χ4v) is 1.77. The van der Waals surface area contributed by atoms with E-state index in [9.17, 15) is 18.0 Å². The molecule has 0 spiro atoms. The first-order valence-electron chi connectivity index (χ1n) is 4.95. The molecule has 0 aliphatic heterocycles. The number of alkyl halides is 3. The minimum absolute atomic E-state index is 0.00347. The van der Waals surface area contributed by atoms with Gasteiger partial charge in [0.25, 0.3) is 0 Å². The van der Waals surface area contributed by atoms with E-state index < -0.39 is 11.7 Å². The van der Waals surface area contributed by atoms with E-state index >= 15 is 0 Å². The maximum absolute atomic E-state index is 12.7. The highest BCUT2D eigenvalue weighted by Crippen LogP contribution is 2.36. The van der Waals surface area contributed by atoms with Crippen molar-refractivity contribution in [1.82, 2.24) is 0 Å². The Bertz CT molecular complexity index is 567. The largest absolute Gasteiger partial charge is 0.464 e. The molecule has 0 radical (unpaired) electrons. The van der Waals surface area contributed by atoms with Crippen molar-refractivity contribution in [2.75, 3.05) is 0 Å². The average Bonchev–Trinajstić information content (AvgIpc) is 2.63. The Morgan fingerprint density at radius 2 is 2.00 bits per heavy atom. The second-order valence-electron chi connectivity index (χ2n) is 3.81. The van der Waals surface area contributed by atoms with Crippen LogP contribution < -0.4 is 0 Å². The van der Waals surface area contributed by atoms with Crippen LogP contribution in [0.5, 0.6) is 0 Å². The van der Waals surface area contributed by atoms with Gasteiger partial charge in [0.05, 0.1) is 11.8 Å². The summed E-state index contributed by atoms with van der Waals surface area (Å²) in [6.07, 6.45) is -3.15. The second-order valence-corrected chi connectivity index (χ2v) is 3.81. The first-order chi connectivity index (χ1) is 7.89. The summed E-state index contributed by atoms with van der Waals surface area (Å²) >= 11 is 0. The van der Waals surface area contributed by atoms with E-state index in [2.05, 4.69) is 0 Å². The van der Waals surface area contributed by atoms with Gasteiger partial charge in [0.15, 0.2) is 0 Å². The van der Waals surface area contributed by atoms with Crippen molar-refractivity contribution in [2.24, 2.45) is 0 Å². The van der Waals surface area contributed by atoms with Gasteiger partial charge in [-0.05, 0) is 19.1 Å². The zero-order valence-electron chi connectivity index (χ0n) is 8.97. The van der Waals surface area contributed by atoms with E-state index in [0.717, 1.165) is 6.07 Å². The Hall–Kier alpha value is -1.78. The molecule has 17 heavy (non-hydrogen) atoms. The third kappa shape index (κ3) is 2.18. The van der Waals surface area contributed by atoms with E-state index in [-0.39, 0.29) is 23.2 Å². The lowest BCUT2D eigenvalue weighted by atomic mass is 10.0. The number of Topliss-reactive ketones (excluding diaryl/α,β-unsaturated/α-hetero) is 1. The summed E-state index contributed by atoms with van der Waals surface area (Å²) in [5, 5.41) is -0.00347. The molecule has 5 heteroatoms. The minimum atomic E-state index is -4.42. The van der Waals surface area contributed by atoms with Gasteiger partial charge in [0, 0.05) is 17.4 Å². The van der Waals surface area contributed by atoms with Gasteiger partial charge in [-0.25, -0.2) is 0 Å². The monoisotopic (exact) mass is 242 g/mol. The molecule has 0 aliphatic rings. The van der Waals surface area contributed by atoms with E-state index in [1.54, 1.807) is 0 Å². The van der Waals surface area contributed by atoms with Gasteiger partial charge in [-0.3, -0.25) is 4.79 Å². The van der Waals surface area contributed by atoms with Gasteiger partial charge >= 0.3 is 6.18 Å². The smallest absolute Gasteiger partial charge is 0.417 e. The summed E-state index contributed by atoms with van der Waals surface area (Å²) < 4.78 is 43.1. The predicted octanol–water partition coefficient (Wildman–Crippen LogP) is 3.58. The third-order valence-corrected chi connectivity index (χ3v) is 2.44. The lowest BCUT2D eigenvalue weighted by Gasteiger charge is -2.09. The molecule has 1 aromatic heterocycles. The molecule has 2 nitrogen and oxygen atoms in total. The number of benzene rings is 1. The molecule has 0 fully saturated rings. The zero-order chi connectivity index (χ0) is 12.6. The molecule has 0 aliphatic carbocycles. The Labute approximate surface area is 95.0 Å². The Kier molecular flexibility index (Phi) is 2.69. The first-order valence-corrected chi connectivity index (χ1v) is 4.95. The van der Waals surface area contributed by atoms with Gasteiger partial charge in [-0.2, -0.15) is 13.2 Å². The van der Waals surface area contributed by atoms with E-state index in [0.29, 0.717) is 5.56 Å². The Balaban J connectivity index is 2.63. The molecule has 0 saturated heterocycles. The molecular formula is C12H9F3O2. The fraction of sp³-hybridized carbons (Fsp3) is 0.250. The van der Waals surface area contributed by atoms with Crippen molar-refractivity contribution in [3.63, 3.8) is 0 Å². The molecule has 1 heterocycles. The number of carbonyl (C=O) groups excluding carboxylic acids is 1. The van der Waals surface area contributed by atoms with Crippen molar-refractivity contribution in [1.29, 1.82) is 0 Å². The standard InChI is InChI=1S/C12H9F3O2/c1-7(16)6-8-2-3-10(12(13,14)15)9-4-5-17-11(8)9/h2-5H,6H2,1H3. The lowest BCUT2D eigenvalue weighted by Crippen LogP contribution is -2.06. The van der Waals surface area contributed by atoms with Crippen LogP contribution in [0.1, 0.15) is 18.1 Å². The summed E-state index contributed by atoms with van der Waals surface area (Å²) in [5.41, 5.74) is -0.130. The minimum Gasteiger partial charge on any atom is -0.464 e. The Morgan fingerprint density at radius 1 is 1.29 bits per heavy atom. The van der Waals surface area contributed by atoms with Crippen LogP contribution in [0.25, 0.3) is 11.0 Å². The lowest BCUT2D eigenvalue weighted by molar-refractivity contribution is -0.136. The van der Waals surface area contributed by atoms with E-state index in [4.69, 9.17) is 4.42 Å². The zero-order valence-corrected chi connectivity index (χ0v) is 8.97. The van der Waals surface area contributed by atoms with Crippen LogP contribution in [-0.4, -0.2) is 5.78 Å². The number of rotatable bonds is 2. The van der Waals surface area contributed by atoms with Crippen LogP contribution in [0.2, 0.25) is 0 Å². The highest BCUT2D eigenvalue weighted by molar-refractivity contribution is 5.89. The van der Waals surface area contributed by atoms with Crippen molar-refractivity contribution < 1.29 is 22.4 Å². The number of hydrogen-bond donors (Lipinski definition) is 0. The molecule has 0 amide bonds. The predicted molar refractivity (Wildman–Crippen MR) is 55.6 cm³/mol. The van der Waals surface area contributed by atoms with Crippen molar-refractivity contribution in [3.05, 3.63) is 35.6 Å². The molecule has 0 bridgehead atoms. The van der Waals surface area contributed by atoms with Crippen molar-refractivity contribution in [3.8, 4) is 0 Å². The highest BCUT2D eigenvalue weighted by atomic mass is 19.4. The molecule has 2 rings (SSSR count). The van der Waals surface area contributed by atoms with Crippen molar-refractivity contribution >= 4 is 16.8 Å². The molecule has 1 aromatic carbocycles. The first kappa shape index (κ1) is 11.7. The summed E-state index contributed by atoms with van der Waals surface area (Å²) in [5.74, 6) is -0.123. The normalized spacial score (nSPS) is 12.0. The number of carbonyl (C=O) groups is 1. The number of ketones is 1. The second kappa shape index (κ2) is 3.91. The van der Waals surface area contributed by atoms with Crippen LogP contribution in [0.15, 0.2) is 28.9 Å². The van der Waals surface area contributed by atoms with E-state index in [1.165, 1.54) is 25.3 Å². The van der Waals surface area contributed by atoms with Crippen molar-refractivity contribution in [2.45, 2.75) is 19.5 Å². The topological polar surface area (TPSA) is 30.2 Å². The van der Waals surface area contributed by atoms with Gasteiger partial charge in [-0.1, -0.05) is 6.07 Å². The molecule has 90 valence electrons. The molecule has 2 aromatic rings. The number of halogens is 3. The van der Waals surface area contributed by atoms with Gasteiger partial charge < -0.3 is 4.42 Å². The van der Waals surface area contributed by atoms with Crippen LogP contribution >= 0.6 is 0 Å². The van der Waals surface area contributed by atoms with Crippen LogP contribution in [-0.2, 0) is 17.4 Å². The fourth-order valence-electron chi connectivity index (χ4n) is 1.77. The maximum Gasteiger partial charge on any atom is 0.417 e. The SMILES string of the molecule is CC(=O)Cc1ccc(C(F)(F)F)c2ccoc12. The summed E-state index contributed by atoms with van der Waals surface area (Å²) in [6.45, 7) is 1.38. The highest BCUT2D eigenvalue weighted by Gasteiger charge is 2.33. The molecule has 0 saturated carbocycles. The van der Waals surface area contributed by atoms with Gasteiger partial charge in [0.1, 0.15) is 11.4 Å². The number of hydrogen-bond acceptors (Lipinski definition) is 2. The number of fused-ring (bicyclic) bond motifs is 1. The maximum atomic E-state index is 12.7. The van der Waals surface area contributed by atoms with Crippen LogP contribution in [0, 0.1) is 0 Å². The molecule has 0 N–H and O–H groups in total. The van der Waals surface area contributed by atoms with Gasteiger partial charge in [0.2, 0.25) is 0 Å². The Morgan fingerprint density at radius 3 is 2.59 bits per heavy atom. The molecule has 0 atom stereocenters. The average molecular weight is 242 g/mol. The quantitative estimate of drug-likeness (QED) is 0.805. The van der Waals surface area contributed by atoms with Crippen LogP contribution in [0.3, 0.4) is 0 Å². The van der Waals surface area contributed by atoms with E-state index in [1.807, 2.05) is 0 Å². The third-order valence-electron chi connectivity index (χ3n) is 2.44. The van der Waals surface area contributed by atoms with Gasteiger partial charge in [-0.15, -0.1) is 0 Å². The van der Waals surface area contributed by atoms with Crippen LogP contribution in [0.4, 0.5) is 13.2 Å². The number of furan rings is 1. The summed E-state index contributed by atoms with van der Waals surface area (Å²) in [4.78, 5) is 11.0. The molecule has 0 unspecified atom stereocenters. The molecular weight excluding hydrogens is 233 g/mol.